The number of thioether (sulfide) groups is 1. The maximum absolute atomic E-state index is 5.76. The summed E-state index contributed by atoms with van der Waals surface area (Å²) in [6.45, 7) is 2.69. The predicted octanol–water partition coefficient (Wildman–Crippen LogP) is 6.21. The number of hydrogen-bond acceptors (Lipinski definition) is 6. The number of aromatic nitrogens is 2. The Hall–Kier alpha value is -3.25. The van der Waals surface area contributed by atoms with E-state index in [1.165, 1.54) is 10.5 Å². The fourth-order valence-electron chi connectivity index (χ4n) is 3.00. The van der Waals surface area contributed by atoms with Crippen molar-refractivity contribution < 1.29 is 9.15 Å². The van der Waals surface area contributed by atoms with Gasteiger partial charge in [-0.2, -0.15) is 0 Å². The standard InChI is InChI=1S/C24H23N3O2S/c1-17(30-22-6-4-3-5-7-22)18-8-12-20(13-9-18)25-16-23-26-27-24(29-23)19-10-14-21(28-2)15-11-19/h3-15,17,25H,16H2,1-2H3. The molecule has 5 nitrogen and oxygen atoms in total. The van der Waals surface area contributed by atoms with Crippen LogP contribution in [0.5, 0.6) is 5.75 Å². The summed E-state index contributed by atoms with van der Waals surface area (Å²) in [7, 11) is 1.64. The molecule has 3 aromatic carbocycles. The molecular formula is C24H23N3O2S. The number of nitrogens with zero attached hydrogens (tertiary/aromatic N) is 2. The number of benzene rings is 3. The molecule has 0 aliphatic rings. The second-order valence-electron chi connectivity index (χ2n) is 6.78. The maximum atomic E-state index is 5.76. The van der Waals surface area contributed by atoms with E-state index >= 15 is 0 Å². The van der Waals surface area contributed by atoms with E-state index in [-0.39, 0.29) is 0 Å². The van der Waals surface area contributed by atoms with Crippen LogP contribution in [0.25, 0.3) is 11.5 Å². The van der Waals surface area contributed by atoms with E-state index in [2.05, 4.69) is 71.0 Å². The van der Waals surface area contributed by atoms with Gasteiger partial charge in [0, 0.05) is 21.4 Å². The van der Waals surface area contributed by atoms with Gasteiger partial charge in [0.15, 0.2) is 0 Å². The average Bonchev–Trinajstić information content (AvgIpc) is 3.28. The molecule has 4 rings (SSSR count). The Morgan fingerprint density at radius 3 is 2.37 bits per heavy atom. The summed E-state index contributed by atoms with van der Waals surface area (Å²) in [6.07, 6.45) is 0. The highest BCUT2D eigenvalue weighted by Crippen LogP contribution is 2.34. The number of ether oxygens (including phenoxy) is 1. The smallest absolute Gasteiger partial charge is 0.247 e. The normalized spacial score (nSPS) is 11.8. The van der Waals surface area contributed by atoms with Gasteiger partial charge >= 0.3 is 0 Å². The van der Waals surface area contributed by atoms with Crippen molar-refractivity contribution in [3.63, 3.8) is 0 Å². The van der Waals surface area contributed by atoms with Gasteiger partial charge in [0.25, 0.3) is 0 Å². The SMILES string of the molecule is COc1ccc(-c2nnc(CNc3ccc(C(C)Sc4ccccc4)cc3)o2)cc1. The van der Waals surface area contributed by atoms with E-state index in [4.69, 9.17) is 9.15 Å². The minimum atomic E-state index is 0.379. The van der Waals surface area contributed by atoms with Gasteiger partial charge in [-0.3, -0.25) is 0 Å². The van der Waals surface area contributed by atoms with Crippen molar-refractivity contribution in [1.29, 1.82) is 0 Å². The summed E-state index contributed by atoms with van der Waals surface area (Å²) in [5, 5.41) is 12.0. The molecule has 0 spiro atoms. The molecule has 0 aliphatic heterocycles. The van der Waals surface area contributed by atoms with Gasteiger partial charge in [-0.1, -0.05) is 30.3 Å². The van der Waals surface area contributed by atoms with Crippen molar-refractivity contribution in [1.82, 2.24) is 10.2 Å². The Balaban J connectivity index is 1.33. The predicted molar refractivity (Wildman–Crippen MR) is 121 cm³/mol. The van der Waals surface area contributed by atoms with E-state index in [0.29, 0.717) is 23.6 Å². The number of methoxy groups -OCH3 is 1. The molecule has 0 bridgehead atoms. The first-order chi connectivity index (χ1) is 14.7. The van der Waals surface area contributed by atoms with Gasteiger partial charge in [-0.15, -0.1) is 22.0 Å². The zero-order valence-corrected chi connectivity index (χ0v) is 17.7. The van der Waals surface area contributed by atoms with E-state index in [0.717, 1.165) is 17.0 Å². The summed E-state index contributed by atoms with van der Waals surface area (Å²) >= 11 is 1.85. The van der Waals surface area contributed by atoms with Gasteiger partial charge in [0.1, 0.15) is 5.75 Å². The first kappa shape index (κ1) is 20.0. The first-order valence-electron chi connectivity index (χ1n) is 9.73. The van der Waals surface area contributed by atoms with Gasteiger partial charge in [-0.25, -0.2) is 0 Å². The Kier molecular flexibility index (Phi) is 6.35. The molecule has 0 fully saturated rings. The van der Waals surface area contributed by atoms with Crippen LogP contribution in [0.4, 0.5) is 5.69 Å². The summed E-state index contributed by atoms with van der Waals surface area (Å²) in [5.74, 6) is 1.83. The molecule has 0 saturated heterocycles. The monoisotopic (exact) mass is 417 g/mol. The molecule has 152 valence electrons. The fraction of sp³-hybridized carbons (Fsp3) is 0.167. The van der Waals surface area contributed by atoms with Gasteiger partial charge in [0.05, 0.1) is 13.7 Å². The molecule has 1 aromatic heterocycles. The third-order valence-electron chi connectivity index (χ3n) is 4.68. The van der Waals surface area contributed by atoms with Gasteiger partial charge in [0.2, 0.25) is 11.8 Å². The molecule has 30 heavy (non-hydrogen) atoms. The van der Waals surface area contributed by atoms with Crippen molar-refractivity contribution in [3.05, 3.63) is 90.3 Å². The topological polar surface area (TPSA) is 60.2 Å². The van der Waals surface area contributed by atoms with Crippen LogP contribution in [-0.4, -0.2) is 17.3 Å². The lowest BCUT2D eigenvalue weighted by atomic mass is 10.1. The quantitative estimate of drug-likeness (QED) is 0.344. The highest BCUT2D eigenvalue weighted by atomic mass is 32.2. The zero-order chi connectivity index (χ0) is 20.8. The minimum Gasteiger partial charge on any atom is -0.497 e. The summed E-state index contributed by atoms with van der Waals surface area (Å²) in [4.78, 5) is 1.27. The van der Waals surface area contributed by atoms with Crippen molar-refractivity contribution in [2.45, 2.75) is 23.6 Å². The van der Waals surface area contributed by atoms with Crippen LogP contribution in [0, 0.1) is 0 Å². The van der Waals surface area contributed by atoms with Crippen LogP contribution >= 0.6 is 11.8 Å². The van der Waals surface area contributed by atoms with E-state index < -0.39 is 0 Å². The Morgan fingerprint density at radius 1 is 0.933 bits per heavy atom. The highest BCUT2D eigenvalue weighted by molar-refractivity contribution is 7.99. The van der Waals surface area contributed by atoms with Crippen molar-refractivity contribution in [2.24, 2.45) is 0 Å². The molecule has 4 aromatic rings. The highest BCUT2D eigenvalue weighted by Gasteiger charge is 2.10. The Labute approximate surface area is 180 Å². The number of nitrogens with one attached hydrogen (secondary N) is 1. The fourth-order valence-corrected chi connectivity index (χ4v) is 4.01. The zero-order valence-electron chi connectivity index (χ0n) is 16.9. The lowest BCUT2D eigenvalue weighted by Crippen LogP contribution is -2.00. The largest absolute Gasteiger partial charge is 0.497 e. The van der Waals surface area contributed by atoms with Crippen molar-refractivity contribution in [3.8, 4) is 17.2 Å². The Morgan fingerprint density at radius 2 is 1.67 bits per heavy atom. The van der Waals surface area contributed by atoms with Crippen molar-refractivity contribution >= 4 is 17.4 Å². The second-order valence-corrected chi connectivity index (χ2v) is 8.19. The molecule has 0 radical (unpaired) electrons. The molecule has 1 unspecified atom stereocenters. The molecule has 1 atom stereocenters. The third kappa shape index (κ3) is 5.02. The van der Waals surface area contributed by atoms with Gasteiger partial charge in [-0.05, 0) is 61.0 Å². The van der Waals surface area contributed by atoms with Crippen LogP contribution in [0.1, 0.15) is 23.6 Å². The van der Waals surface area contributed by atoms with Crippen LogP contribution in [0.3, 0.4) is 0 Å². The lowest BCUT2D eigenvalue weighted by molar-refractivity contribution is 0.415. The van der Waals surface area contributed by atoms with E-state index in [1.54, 1.807) is 7.11 Å². The summed E-state index contributed by atoms with van der Waals surface area (Å²) in [6, 6.07) is 26.5. The molecule has 6 heteroatoms. The lowest BCUT2D eigenvalue weighted by Gasteiger charge is -2.12. The molecular weight excluding hydrogens is 394 g/mol. The molecule has 0 saturated carbocycles. The van der Waals surface area contributed by atoms with E-state index in [1.807, 2.05) is 42.1 Å². The summed E-state index contributed by atoms with van der Waals surface area (Å²) in [5.41, 5.74) is 3.16. The van der Waals surface area contributed by atoms with Crippen LogP contribution < -0.4 is 10.1 Å². The Bertz CT molecular complexity index is 1060. The first-order valence-corrected chi connectivity index (χ1v) is 10.6. The molecule has 1 N–H and O–H groups in total. The molecule has 0 amide bonds. The number of hydrogen-bond donors (Lipinski definition) is 1. The van der Waals surface area contributed by atoms with Gasteiger partial charge < -0.3 is 14.5 Å². The summed E-state index contributed by atoms with van der Waals surface area (Å²) < 4.78 is 10.9. The van der Waals surface area contributed by atoms with Crippen LogP contribution in [0.2, 0.25) is 0 Å². The van der Waals surface area contributed by atoms with Crippen molar-refractivity contribution in [2.75, 3.05) is 12.4 Å². The molecule has 0 aliphatic carbocycles. The molecule has 1 heterocycles. The number of anilines is 1. The minimum absolute atomic E-state index is 0.379. The maximum Gasteiger partial charge on any atom is 0.247 e. The van der Waals surface area contributed by atoms with Crippen LogP contribution in [0.15, 0.2) is 88.2 Å². The second kappa shape index (κ2) is 9.50. The van der Waals surface area contributed by atoms with E-state index in [9.17, 15) is 0 Å². The third-order valence-corrected chi connectivity index (χ3v) is 5.85. The number of rotatable bonds is 8. The average molecular weight is 418 g/mol. The van der Waals surface area contributed by atoms with Crippen LogP contribution in [-0.2, 0) is 6.54 Å².